The highest BCUT2D eigenvalue weighted by Crippen LogP contribution is 2.27. The number of nitrogens with one attached hydrogen (secondary N) is 1. The predicted molar refractivity (Wildman–Crippen MR) is 99.4 cm³/mol. The molecule has 4 rings (SSSR count). The fraction of sp³-hybridized carbons (Fsp3) is 0.350. The summed E-state index contributed by atoms with van der Waals surface area (Å²) in [6, 6.07) is 8.71. The summed E-state index contributed by atoms with van der Waals surface area (Å²) in [5.41, 5.74) is 2.08. The molecule has 146 valence electrons. The van der Waals surface area contributed by atoms with Crippen molar-refractivity contribution in [3.05, 3.63) is 53.3 Å². The monoisotopic (exact) mass is 386 g/mol. The van der Waals surface area contributed by atoms with Crippen molar-refractivity contribution < 1.29 is 18.3 Å². The maximum atomic E-state index is 13.6. The van der Waals surface area contributed by atoms with Crippen LogP contribution in [0.15, 0.2) is 36.5 Å². The van der Waals surface area contributed by atoms with E-state index >= 15 is 0 Å². The third-order valence-corrected chi connectivity index (χ3v) is 4.83. The first-order chi connectivity index (χ1) is 13.5. The number of aromatic nitrogens is 3. The van der Waals surface area contributed by atoms with Crippen LogP contribution in [-0.4, -0.2) is 39.8 Å². The van der Waals surface area contributed by atoms with Crippen LogP contribution in [0.4, 0.5) is 8.78 Å². The van der Waals surface area contributed by atoms with Gasteiger partial charge in [0.1, 0.15) is 11.3 Å². The highest BCUT2D eigenvalue weighted by atomic mass is 19.3. The van der Waals surface area contributed by atoms with E-state index in [2.05, 4.69) is 15.4 Å². The van der Waals surface area contributed by atoms with Crippen LogP contribution in [0.5, 0.6) is 0 Å². The summed E-state index contributed by atoms with van der Waals surface area (Å²) in [7, 11) is 0. The van der Waals surface area contributed by atoms with Crippen molar-refractivity contribution in [2.75, 3.05) is 13.2 Å². The molecule has 2 aromatic heterocycles. The molecule has 1 aliphatic heterocycles. The van der Waals surface area contributed by atoms with Crippen LogP contribution in [-0.2, 0) is 4.74 Å². The second-order valence-electron chi connectivity index (χ2n) is 6.87. The van der Waals surface area contributed by atoms with Gasteiger partial charge in [-0.15, -0.1) is 0 Å². The van der Waals surface area contributed by atoms with Gasteiger partial charge in [0.2, 0.25) is 0 Å². The summed E-state index contributed by atoms with van der Waals surface area (Å²) in [4.78, 5) is 17.1. The van der Waals surface area contributed by atoms with E-state index in [9.17, 15) is 13.6 Å². The fourth-order valence-corrected chi connectivity index (χ4v) is 3.28. The zero-order chi connectivity index (χ0) is 19.7. The lowest BCUT2D eigenvalue weighted by Gasteiger charge is -2.11. The van der Waals surface area contributed by atoms with Crippen LogP contribution in [0.2, 0.25) is 0 Å². The van der Waals surface area contributed by atoms with E-state index in [4.69, 9.17) is 4.74 Å². The second kappa shape index (κ2) is 7.63. The molecule has 1 saturated heterocycles. The average molecular weight is 386 g/mol. The van der Waals surface area contributed by atoms with Crippen molar-refractivity contribution in [3.8, 4) is 11.3 Å². The lowest BCUT2D eigenvalue weighted by atomic mass is 10.1. The van der Waals surface area contributed by atoms with E-state index in [0.29, 0.717) is 24.4 Å². The quantitative estimate of drug-likeness (QED) is 0.728. The average Bonchev–Trinajstić information content (AvgIpc) is 3.35. The molecule has 0 bridgehead atoms. The number of nitrogens with zero attached hydrogens (tertiary/aromatic N) is 3. The number of hydrogen-bond acceptors (Lipinski definition) is 4. The first-order valence-corrected chi connectivity index (χ1v) is 9.16. The van der Waals surface area contributed by atoms with Crippen LogP contribution in [0.25, 0.3) is 16.9 Å². The van der Waals surface area contributed by atoms with Gasteiger partial charge in [-0.2, -0.15) is 5.10 Å². The van der Waals surface area contributed by atoms with Crippen LogP contribution in [0.3, 0.4) is 0 Å². The van der Waals surface area contributed by atoms with Gasteiger partial charge in [-0.05, 0) is 25.8 Å². The predicted octanol–water partition coefficient (Wildman–Crippen LogP) is 3.55. The Morgan fingerprint density at radius 2 is 2.14 bits per heavy atom. The van der Waals surface area contributed by atoms with E-state index in [1.165, 1.54) is 12.3 Å². The number of amides is 1. The molecule has 1 fully saturated rings. The molecule has 0 saturated carbocycles. The SMILES string of the molecule is Cc1ccc(-c2cc(C(F)F)n3ncc(C(=O)NCC4CCCO4)c3n2)cc1. The second-order valence-corrected chi connectivity index (χ2v) is 6.87. The molecule has 3 aromatic rings. The minimum atomic E-state index is -2.75. The van der Waals surface area contributed by atoms with Crippen LogP contribution >= 0.6 is 0 Å². The van der Waals surface area contributed by atoms with Gasteiger partial charge in [0.05, 0.1) is 18.0 Å². The number of carbonyl (C=O) groups excluding carboxylic acids is 1. The minimum Gasteiger partial charge on any atom is -0.376 e. The van der Waals surface area contributed by atoms with E-state index in [1.54, 1.807) is 0 Å². The van der Waals surface area contributed by atoms with Gasteiger partial charge in [0.15, 0.2) is 5.65 Å². The normalized spacial score (nSPS) is 16.8. The molecule has 6 nitrogen and oxygen atoms in total. The summed E-state index contributed by atoms with van der Waals surface area (Å²) in [5.74, 6) is -0.403. The van der Waals surface area contributed by atoms with Gasteiger partial charge in [-0.1, -0.05) is 29.8 Å². The van der Waals surface area contributed by atoms with Crippen LogP contribution in [0.1, 0.15) is 40.9 Å². The van der Waals surface area contributed by atoms with Crippen molar-refractivity contribution in [1.82, 2.24) is 19.9 Å². The Morgan fingerprint density at radius 1 is 1.36 bits per heavy atom. The molecule has 1 aromatic carbocycles. The van der Waals surface area contributed by atoms with Gasteiger partial charge in [-0.25, -0.2) is 18.3 Å². The third kappa shape index (κ3) is 3.60. The van der Waals surface area contributed by atoms with Gasteiger partial charge >= 0.3 is 0 Å². The van der Waals surface area contributed by atoms with E-state index in [-0.39, 0.29) is 23.0 Å². The van der Waals surface area contributed by atoms with Crippen molar-refractivity contribution in [2.45, 2.75) is 32.3 Å². The number of benzene rings is 1. The first kappa shape index (κ1) is 18.5. The molecule has 3 heterocycles. The zero-order valence-electron chi connectivity index (χ0n) is 15.4. The molecule has 0 radical (unpaired) electrons. The molecule has 0 spiro atoms. The van der Waals surface area contributed by atoms with Gasteiger partial charge < -0.3 is 10.1 Å². The number of ether oxygens (including phenoxy) is 1. The van der Waals surface area contributed by atoms with E-state index in [0.717, 1.165) is 22.9 Å². The minimum absolute atomic E-state index is 0.0153. The van der Waals surface area contributed by atoms with Crippen molar-refractivity contribution in [2.24, 2.45) is 0 Å². The van der Waals surface area contributed by atoms with Crippen molar-refractivity contribution >= 4 is 11.6 Å². The molecule has 8 heteroatoms. The maximum absolute atomic E-state index is 13.6. The number of aryl methyl sites for hydroxylation is 1. The number of hydrogen-bond donors (Lipinski definition) is 1. The van der Waals surface area contributed by atoms with E-state index in [1.807, 2.05) is 31.2 Å². The summed E-state index contributed by atoms with van der Waals surface area (Å²) in [6.07, 6.45) is 0.366. The molecular weight excluding hydrogens is 366 g/mol. The molecule has 28 heavy (non-hydrogen) atoms. The van der Waals surface area contributed by atoms with Gasteiger partial charge in [-0.3, -0.25) is 4.79 Å². The zero-order valence-corrected chi connectivity index (χ0v) is 15.4. The Morgan fingerprint density at radius 3 is 2.82 bits per heavy atom. The Kier molecular flexibility index (Phi) is 5.04. The smallest absolute Gasteiger partial charge is 0.280 e. The largest absolute Gasteiger partial charge is 0.376 e. The van der Waals surface area contributed by atoms with E-state index < -0.39 is 12.3 Å². The van der Waals surface area contributed by atoms with Crippen molar-refractivity contribution in [1.29, 1.82) is 0 Å². The Bertz CT molecular complexity index is 995. The number of rotatable bonds is 5. The summed E-state index contributed by atoms with van der Waals surface area (Å²) in [6.45, 7) is 3.00. The lowest BCUT2D eigenvalue weighted by molar-refractivity contribution is 0.0859. The molecule has 1 amide bonds. The summed E-state index contributed by atoms with van der Waals surface area (Å²) in [5, 5.41) is 6.76. The summed E-state index contributed by atoms with van der Waals surface area (Å²) >= 11 is 0. The molecule has 1 aliphatic rings. The molecule has 1 N–H and O–H groups in total. The lowest BCUT2D eigenvalue weighted by Crippen LogP contribution is -2.31. The van der Waals surface area contributed by atoms with Crippen LogP contribution in [0, 0.1) is 6.92 Å². The number of fused-ring (bicyclic) bond motifs is 1. The Hall–Kier alpha value is -2.87. The third-order valence-electron chi connectivity index (χ3n) is 4.83. The highest BCUT2D eigenvalue weighted by molar-refractivity contribution is 5.99. The standard InChI is InChI=1S/C20H20F2N4O2/c1-12-4-6-13(7-5-12)16-9-17(18(21)22)26-19(25-16)15(11-24-26)20(27)23-10-14-3-2-8-28-14/h4-7,9,11,14,18H,2-3,8,10H2,1H3,(H,23,27). The molecule has 0 aliphatic carbocycles. The molecule has 1 atom stereocenters. The van der Waals surface area contributed by atoms with Gasteiger partial charge in [0.25, 0.3) is 12.3 Å². The molecule has 1 unspecified atom stereocenters. The van der Waals surface area contributed by atoms with Crippen LogP contribution < -0.4 is 5.32 Å². The van der Waals surface area contributed by atoms with Crippen molar-refractivity contribution in [3.63, 3.8) is 0 Å². The summed E-state index contributed by atoms with van der Waals surface area (Å²) < 4.78 is 33.8. The number of halogens is 2. The van der Waals surface area contributed by atoms with Gasteiger partial charge in [0, 0.05) is 18.7 Å². The molecular formula is C20H20F2N4O2. The number of carbonyl (C=O) groups is 1. The Balaban J connectivity index is 1.71. The topological polar surface area (TPSA) is 68.5 Å². The Labute approximate surface area is 160 Å². The number of alkyl halides is 2. The highest BCUT2D eigenvalue weighted by Gasteiger charge is 2.23. The fourth-order valence-electron chi connectivity index (χ4n) is 3.28. The first-order valence-electron chi connectivity index (χ1n) is 9.16. The maximum Gasteiger partial charge on any atom is 0.280 e.